The van der Waals surface area contributed by atoms with E-state index in [4.69, 9.17) is 4.42 Å². The highest BCUT2D eigenvalue weighted by Gasteiger charge is 2.12. The van der Waals surface area contributed by atoms with Gasteiger partial charge in [-0.05, 0) is 6.07 Å². The zero-order valence-corrected chi connectivity index (χ0v) is 9.77. The van der Waals surface area contributed by atoms with Gasteiger partial charge >= 0.3 is 0 Å². The lowest BCUT2D eigenvalue weighted by molar-refractivity contribution is 0.616. The smallest absolute Gasteiger partial charge is 0.148 e. The first-order chi connectivity index (χ1) is 8.29. The lowest BCUT2D eigenvalue weighted by Gasteiger charge is -1.97. The third-order valence-electron chi connectivity index (χ3n) is 2.89. The van der Waals surface area contributed by atoms with Gasteiger partial charge in [-0.1, -0.05) is 18.2 Å². The molecule has 1 N–H and O–H groups in total. The Kier molecular flexibility index (Phi) is 2.14. The Labute approximate surface area is 98.9 Å². The van der Waals surface area contributed by atoms with Gasteiger partial charge in [0.1, 0.15) is 17.7 Å². The summed E-state index contributed by atoms with van der Waals surface area (Å²) in [5.41, 5.74) is 3.01. The Morgan fingerprint density at radius 1 is 1.29 bits per heavy atom. The molecule has 3 aromatic rings. The van der Waals surface area contributed by atoms with E-state index in [2.05, 4.69) is 16.5 Å². The van der Waals surface area contributed by atoms with Crippen molar-refractivity contribution in [3.05, 3.63) is 36.6 Å². The molecule has 0 saturated heterocycles. The van der Waals surface area contributed by atoms with Crippen LogP contribution in [0.1, 0.15) is 0 Å². The predicted octanol–water partition coefficient (Wildman–Crippen LogP) is 2.88. The van der Waals surface area contributed by atoms with Crippen LogP contribution in [0.2, 0.25) is 0 Å². The van der Waals surface area contributed by atoms with Crippen molar-refractivity contribution in [1.82, 2.24) is 9.78 Å². The molecule has 0 spiro atoms. The second-order valence-electron chi connectivity index (χ2n) is 3.93. The molecular formula is C13H13N3O. The highest BCUT2D eigenvalue weighted by molar-refractivity contribution is 5.93. The van der Waals surface area contributed by atoms with Crippen LogP contribution >= 0.6 is 0 Å². The Bertz CT molecular complexity index is 666. The second kappa shape index (κ2) is 3.66. The molecule has 1 aromatic carbocycles. The van der Waals surface area contributed by atoms with E-state index in [-0.39, 0.29) is 0 Å². The Morgan fingerprint density at radius 3 is 2.88 bits per heavy atom. The zero-order chi connectivity index (χ0) is 11.8. The first kappa shape index (κ1) is 9.96. The highest BCUT2D eigenvalue weighted by atomic mass is 16.3. The van der Waals surface area contributed by atoms with Crippen LogP contribution in [0.3, 0.4) is 0 Å². The molecule has 0 atom stereocenters. The number of hydrogen-bond acceptors (Lipinski definition) is 3. The van der Waals surface area contributed by atoms with Crippen LogP contribution in [0.4, 0.5) is 5.82 Å². The Balaban J connectivity index is 2.23. The third kappa shape index (κ3) is 1.49. The van der Waals surface area contributed by atoms with Crippen LogP contribution in [0, 0.1) is 0 Å². The third-order valence-corrected chi connectivity index (χ3v) is 2.89. The van der Waals surface area contributed by atoms with Gasteiger partial charge in [0.2, 0.25) is 0 Å². The fourth-order valence-corrected chi connectivity index (χ4v) is 2.02. The van der Waals surface area contributed by atoms with Crippen molar-refractivity contribution >= 4 is 16.8 Å². The summed E-state index contributed by atoms with van der Waals surface area (Å²) >= 11 is 0. The van der Waals surface area contributed by atoms with E-state index in [9.17, 15) is 0 Å². The van der Waals surface area contributed by atoms with Gasteiger partial charge in [-0.25, -0.2) is 0 Å². The minimum atomic E-state index is 0.854. The molecule has 0 aliphatic rings. The number of hydrogen-bond donors (Lipinski definition) is 1. The average molecular weight is 227 g/mol. The summed E-state index contributed by atoms with van der Waals surface area (Å²) < 4.78 is 7.39. The molecule has 0 aliphatic heterocycles. The van der Waals surface area contributed by atoms with Crippen molar-refractivity contribution in [2.75, 3.05) is 12.4 Å². The molecule has 0 aliphatic carbocycles. The quantitative estimate of drug-likeness (QED) is 0.732. The number of benzene rings is 1. The SMILES string of the molecule is CNc1cc(-c2coc3ccccc23)n(C)n1. The molecular weight excluding hydrogens is 214 g/mol. The van der Waals surface area contributed by atoms with Crippen LogP contribution in [0.5, 0.6) is 0 Å². The number of para-hydroxylation sites is 1. The normalized spacial score (nSPS) is 10.9. The lowest BCUT2D eigenvalue weighted by Crippen LogP contribution is -1.94. The fraction of sp³-hybridized carbons (Fsp3) is 0.154. The second-order valence-corrected chi connectivity index (χ2v) is 3.93. The van der Waals surface area contributed by atoms with Gasteiger partial charge in [-0.15, -0.1) is 0 Å². The maximum Gasteiger partial charge on any atom is 0.148 e. The Morgan fingerprint density at radius 2 is 2.12 bits per heavy atom. The van der Waals surface area contributed by atoms with Crippen LogP contribution in [0.15, 0.2) is 41.0 Å². The molecule has 0 unspecified atom stereocenters. The molecule has 4 heteroatoms. The predicted molar refractivity (Wildman–Crippen MR) is 68.0 cm³/mol. The average Bonchev–Trinajstić information content (AvgIpc) is 2.92. The van der Waals surface area contributed by atoms with Crippen LogP contribution in [0.25, 0.3) is 22.2 Å². The van der Waals surface area contributed by atoms with Gasteiger partial charge in [0.05, 0.1) is 5.69 Å². The summed E-state index contributed by atoms with van der Waals surface area (Å²) in [5, 5.41) is 8.50. The summed E-state index contributed by atoms with van der Waals surface area (Å²) in [4.78, 5) is 0. The van der Waals surface area contributed by atoms with E-state index in [0.29, 0.717) is 0 Å². The summed E-state index contributed by atoms with van der Waals surface area (Å²) in [5.74, 6) is 0.854. The van der Waals surface area contributed by atoms with Gasteiger partial charge in [0, 0.05) is 31.1 Å². The molecule has 0 amide bonds. The summed E-state index contributed by atoms with van der Waals surface area (Å²) in [7, 11) is 3.79. The van der Waals surface area contributed by atoms with Crippen LogP contribution in [-0.4, -0.2) is 16.8 Å². The first-order valence-electron chi connectivity index (χ1n) is 5.48. The maximum atomic E-state index is 5.54. The van der Waals surface area contributed by atoms with Gasteiger partial charge in [-0.2, -0.15) is 5.10 Å². The van der Waals surface area contributed by atoms with E-state index in [0.717, 1.165) is 28.0 Å². The number of fused-ring (bicyclic) bond motifs is 1. The number of aryl methyl sites for hydroxylation is 1. The van der Waals surface area contributed by atoms with E-state index < -0.39 is 0 Å². The van der Waals surface area contributed by atoms with Crippen molar-refractivity contribution in [2.45, 2.75) is 0 Å². The van der Waals surface area contributed by atoms with Crippen LogP contribution < -0.4 is 5.32 Å². The summed E-state index contributed by atoms with van der Waals surface area (Å²) in [6.45, 7) is 0. The molecule has 0 bridgehead atoms. The minimum Gasteiger partial charge on any atom is -0.464 e. The maximum absolute atomic E-state index is 5.54. The largest absolute Gasteiger partial charge is 0.464 e. The van der Waals surface area contributed by atoms with Crippen LogP contribution in [-0.2, 0) is 7.05 Å². The van der Waals surface area contributed by atoms with Crippen molar-refractivity contribution in [3.63, 3.8) is 0 Å². The Hall–Kier alpha value is -2.23. The number of aromatic nitrogens is 2. The van der Waals surface area contributed by atoms with E-state index in [1.165, 1.54) is 0 Å². The van der Waals surface area contributed by atoms with E-state index in [1.807, 2.05) is 43.0 Å². The molecule has 0 fully saturated rings. The van der Waals surface area contributed by atoms with Gasteiger partial charge in [-0.3, -0.25) is 4.68 Å². The molecule has 0 radical (unpaired) electrons. The van der Waals surface area contributed by atoms with Gasteiger partial charge < -0.3 is 9.73 Å². The molecule has 0 saturated carbocycles. The topological polar surface area (TPSA) is 43.0 Å². The number of rotatable bonds is 2. The fourth-order valence-electron chi connectivity index (χ4n) is 2.02. The number of anilines is 1. The standard InChI is InChI=1S/C13H13N3O/c1-14-13-7-11(16(2)15-13)10-8-17-12-6-4-3-5-9(10)12/h3-8H,1-2H3,(H,14,15). The highest BCUT2D eigenvalue weighted by Crippen LogP contribution is 2.31. The lowest BCUT2D eigenvalue weighted by atomic mass is 10.1. The molecule has 17 heavy (non-hydrogen) atoms. The van der Waals surface area contributed by atoms with Crippen molar-refractivity contribution in [1.29, 1.82) is 0 Å². The van der Waals surface area contributed by atoms with Crippen molar-refractivity contribution in [2.24, 2.45) is 7.05 Å². The van der Waals surface area contributed by atoms with E-state index in [1.54, 1.807) is 6.26 Å². The zero-order valence-electron chi connectivity index (χ0n) is 9.77. The molecule has 4 nitrogen and oxygen atoms in total. The van der Waals surface area contributed by atoms with Crippen molar-refractivity contribution in [3.8, 4) is 11.3 Å². The molecule has 2 heterocycles. The summed E-state index contributed by atoms with van der Waals surface area (Å²) in [6.07, 6.45) is 1.78. The van der Waals surface area contributed by atoms with E-state index >= 15 is 0 Å². The summed E-state index contributed by atoms with van der Waals surface area (Å²) in [6, 6.07) is 10.0. The van der Waals surface area contributed by atoms with Crippen molar-refractivity contribution < 1.29 is 4.42 Å². The first-order valence-corrected chi connectivity index (χ1v) is 5.48. The minimum absolute atomic E-state index is 0.854. The number of nitrogens with zero attached hydrogens (tertiary/aromatic N) is 2. The molecule has 3 rings (SSSR count). The number of nitrogens with one attached hydrogen (secondary N) is 1. The monoisotopic (exact) mass is 227 g/mol. The van der Waals surface area contributed by atoms with Gasteiger partial charge in [0.25, 0.3) is 0 Å². The number of furan rings is 1. The van der Waals surface area contributed by atoms with Gasteiger partial charge in [0.15, 0.2) is 0 Å². The molecule has 86 valence electrons. The molecule has 2 aromatic heterocycles.